The third kappa shape index (κ3) is 4.56. The first kappa shape index (κ1) is 23.9. The smallest absolute Gasteiger partial charge is 0.261 e. The topological polar surface area (TPSA) is 97.8 Å². The van der Waals surface area contributed by atoms with Crippen molar-refractivity contribution in [3.05, 3.63) is 59.3 Å². The number of hydrogen-bond donors (Lipinski definition) is 1. The van der Waals surface area contributed by atoms with E-state index in [1.807, 2.05) is 46.9 Å². The van der Waals surface area contributed by atoms with E-state index in [1.165, 1.54) is 12.3 Å². The van der Waals surface area contributed by atoms with Crippen molar-refractivity contribution in [2.75, 3.05) is 36.5 Å². The molecule has 4 aromatic rings. The Kier molecular flexibility index (Phi) is 5.99. The number of carbonyl (C=O) groups is 1. The van der Waals surface area contributed by atoms with E-state index in [2.05, 4.69) is 25.3 Å². The monoisotopic (exact) mass is 492 g/mol. The number of pyridine rings is 1. The third-order valence-electron chi connectivity index (χ3n) is 6.13. The average molecular weight is 493 g/mol. The van der Waals surface area contributed by atoms with Crippen LogP contribution in [0.5, 0.6) is 0 Å². The number of carbonyl (C=O) groups excluding carboxylic acids is 1. The van der Waals surface area contributed by atoms with Gasteiger partial charge in [0.2, 0.25) is 11.8 Å². The van der Waals surface area contributed by atoms with Crippen molar-refractivity contribution >= 4 is 23.1 Å². The number of fused-ring (bicyclic) bond motifs is 1. The van der Waals surface area contributed by atoms with Gasteiger partial charge in [0.1, 0.15) is 11.6 Å². The Bertz CT molecular complexity index is 1450. The Balaban J connectivity index is 1.54. The van der Waals surface area contributed by atoms with E-state index in [0.717, 1.165) is 35.6 Å². The molecule has 36 heavy (non-hydrogen) atoms. The number of oxazole rings is 1. The molecule has 0 bridgehead atoms. The summed E-state index contributed by atoms with van der Waals surface area (Å²) in [6.45, 7) is 12.2. The Hall–Kier alpha value is -3.79. The SMILES string of the molecule is Cc1nc2c(N3CCOCC3)cc(-c3cc(C(=O)Nc4cnc(C(C)(C)C)o4)c(F)cc3C)cn2n1. The van der Waals surface area contributed by atoms with Crippen LogP contribution >= 0.6 is 0 Å². The maximum Gasteiger partial charge on any atom is 0.261 e. The maximum absolute atomic E-state index is 15.0. The number of nitrogens with one attached hydrogen (secondary N) is 1. The van der Waals surface area contributed by atoms with Gasteiger partial charge in [-0.3, -0.25) is 10.1 Å². The normalized spacial score (nSPS) is 14.4. The van der Waals surface area contributed by atoms with Crippen LogP contribution in [0.15, 0.2) is 35.0 Å². The molecule has 188 valence electrons. The molecule has 0 aliphatic carbocycles. The van der Waals surface area contributed by atoms with Crippen LogP contribution in [0.1, 0.15) is 48.4 Å². The van der Waals surface area contributed by atoms with Crippen LogP contribution in [0.25, 0.3) is 16.8 Å². The summed E-state index contributed by atoms with van der Waals surface area (Å²) in [5.74, 6) is 0.0709. The van der Waals surface area contributed by atoms with Crippen molar-refractivity contribution in [1.29, 1.82) is 0 Å². The first-order valence-corrected chi connectivity index (χ1v) is 11.9. The van der Waals surface area contributed by atoms with Gasteiger partial charge in [0.15, 0.2) is 5.65 Å². The van der Waals surface area contributed by atoms with E-state index in [-0.39, 0.29) is 16.9 Å². The number of ether oxygens (including phenoxy) is 1. The quantitative estimate of drug-likeness (QED) is 0.447. The third-order valence-corrected chi connectivity index (χ3v) is 6.13. The van der Waals surface area contributed by atoms with Gasteiger partial charge in [-0.05, 0) is 43.2 Å². The van der Waals surface area contributed by atoms with Gasteiger partial charge in [-0.2, -0.15) is 5.10 Å². The molecule has 1 amide bonds. The molecule has 0 atom stereocenters. The molecule has 10 heteroatoms. The van der Waals surface area contributed by atoms with E-state index in [9.17, 15) is 9.18 Å². The summed E-state index contributed by atoms with van der Waals surface area (Å²) in [6.07, 6.45) is 3.29. The molecule has 1 aromatic carbocycles. The average Bonchev–Trinajstić information content (AvgIpc) is 3.44. The van der Waals surface area contributed by atoms with E-state index < -0.39 is 11.7 Å². The van der Waals surface area contributed by atoms with Crippen molar-refractivity contribution in [3.8, 4) is 11.1 Å². The highest BCUT2D eigenvalue weighted by atomic mass is 19.1. The number of hydrogen-bond acceptors (Lipinski definition) is 7. The van der Waals surface area contributed by atoms with E-state index in [0.29, 0.717) is 30.5 Å². The number of nitrogens with zero attached hydrogens (tertiary/aromatic N) is 5. The zero-order valence-electron chi connectivity index (χ0n) is 21.1. The number of anilines is 2. The molecule has 1 saturated heterocycles. The molecule has 0 radical (unpaired) electrons. The molecule has 1 aliphatic heterocycles. The molecule has 1 fully saturated rings. The molecule has 1 N–H and O–H groups in total. The fraction of sp³-hybridized carbons (Fsp3) is 0.385. The molecule has 0 saturated carbocycles. The largest absolute Gasteiger partial charge is 0.424 e. The maximum atomic E-state index is 15.0. The highest BCUT2D eigenvalue weighted by Crippen LogP contribution is 2.32. The van der Waals surface area contributed by atoms with Crippen molar-refractivity contribution in [1.82, 2.24) is 19.6 Å². The minimum absolute atomic E-state index is 0.0906. The molecular formula is C26H29FN6O3. The second-order valence-electron chi connectivity index (χ2n) is 10.0. The van der Waals surface area contributed by atoms with Crippen molar-refractivity contribution < 1.29 is 18.3 Å². The van der Waals surface area contributed by atoms with Gasteiger partial charge >= 0.3 is 0 Å². The summed E-state index contributed by atoms with van der Waals surface area (Å²) < 4.78 is 27.9. The first-order valence-electron chi connectivity index (χ1n) is 11.9. The number of amides is 1. The summed E-state index contributed by atoms with van der Waals surface area (Å²) in [4.78, 5) is 24.1. The summed E-state index contributed by atoms with van der Waals surface area (Å²) in [5, 5.41) is 7.14. The van der Waals surface area contributed by atoms with Gasteiger partial charge in [0.25, 0.3) is 5.91 Å². The molecule has 0 unspecified atom stereocenters. The summed E-state index contributed by atoms with van der Waals surface area (Å²) in [7, 11) is 0. The van der Waals surface area contributed by atoms with Crippen LogP contribution in [0.2, 0.25) is 0 Å². The van der Waals surface area contributed by atoms with Crippen molar-refractivity contribution in [2.45, 2.75) is 40.0 Å². The molecule has 0 spiro atoms. The Morgan fingerprint density at radius 3 is 2.58 bits per heavy atom. The second kappa shape index (κ2) is 9.02. The van der Waals surface area contributed by atoms with E-state index >= 15 is 0 Å². The van der Waals surface area contributed by atoms with Gasteiger partial charge in [-0.15, -0.1) is 0 Å². The number of morpholine rings is 1. The molecular weight excluding hydrogens is 463 g/mol. The number of aromatic nitrogens is 4. The van der Waals surface area contributed by atoms with Crippen LogP contribution in [0, 0.1) is 19.7 Å². The molecule has 4 heterocycles. The molecule has 1 aliphatic rings. The lowest BCUT2D eigenvalue weighted by Gasteiger charge is -2.29. The molecule has 3 aromatic heterocycles. The first-order chi connectivity index (χ1) is 17.1. The van der Waals surface area contributed by atoms with Crippen molar-refractivity contribution in [3.63, 3.8) is 0 Å². The summed E-state index contributed by atoms with van der Waals surface area (Å²) in [5.41, 5.74) is 3.48. The molecule has 5 rings (SSSR count). The standard InChI is InChI=1S/C26H29FN6O3/c1-15-10-20(27)19(24(34)30-22-13-28-25(36-22)26(3,4)5)12-18(15)17-11-21(32-6-8-35-9-7-32)23-29-16(2)31-33(23)14-17/h10-14H,6-9H2,1-5H3,(H,30,34). The Morgan fingerprint density at radius 2 is 1.89 bits per heavy atom. The summed E-state index contributed by atoms with van der Waals surface area (Å²) in [6, 6.07) is 4.95. The zero-order chi connectivity index (χ0) is 25.6. The highest BCUT2D eigenvalue weighted by molar-refractivity contribution is 6.04. The number of rotatable bonds is 4. The Labute approximate surface area is 208 Å². The van der Waals surface area contributed by atoms with Gasteiger partial charge in [-0.25, -0.2) is 18.9 Å². The Morgan fingerprint density at radius 1 is 1.14 bits per heavy atom. The highest BCUT2D eigenvalue weighted by Gasteiger charge is 2.23. The minimum Gasteiger partial charge on any atom is -0.424 e. The molecule has 9 nitrogen and oxygen atoms in total. The second-order valence-corrected chi connectivity index (χ2v) is 10.0. The lowest BCUT2D eigenvalue weighted by atomic mass is 9.97. The van der Waals surface area contributed by atoms with Crippen LogP contribution < -0.4 is 10.2 Å². The van der Waals surface area contributed by atoms with E-state index in [1.54, 1.807) is 10.6 Å². The number of aryl methyl sites for hydroxylation is 2. The van der Waals surface area contributed by atoms with Crippen molar-refractivity contribution in [2.24, 2.45) is 0 Å². The lowest BCUT2D eigenvalue weighted by Crippen LogP contribution is -2.36. The number of halogens is 1. The number of benzene rings is 1. The van der Waals surface area contributed by atoms with Gasteiger partial charge in [0, 0.05) is 30.3 Å². The fourth-order valence-corrected chi connectivity index (χ4v) is 4.28. The van der Waals surface area contributed by atoms with E-state index in [4.69, 9.17) is 9.15 Å². The predicted molar refractivity (Wildman–Crippen MR) is 134 cm³/mol. The fourth-order valence-electron chi connectivity index (χ4n) is 4.28. The van der Waals surface area contributed by atoms with Crippen LogP contribution in [-0.2, 0) is 10.2 Å². The van der Waals surface area contributed by atoms with Crippen LogP contribution in [-0.4, -0.2) is 51.8 Å². The van der Waals surface area contributed by atoms with Gasteiger partial charge in [-0.1, -0.05) is 20.8 Å². The predicted octanol–water partition coefficient (Wildman–Crippen LogP) is 4.53. The zero-order valence-corrected chi connectivity index (χ0v) is 21.1. The lowest BCUT2D eigenvalue weighted by molar-refractivity contribution is 0.102. The minimum atomic E-state index is -0.615. The van der Waals surface area contributed by atoms with Gasteiger partial charge < -0.3 is 14.1 Å². The van der Waals surface area contributed by atoms with Gasteiger partial charge in [0.05, 0.1) is 30.7 Å². The van der Waals surface area contributed by atoms with Crippen LogP contribution in [0.3, 0.4) is 0 Å². The summed E-state index contributed by atoms with van der Waals surface area (Å²) >= 11 is 0. The van der Waals surface area contributed by atoms with Crippen LogP contribution in [0.4, 0.5) is 16.0 Å².